The van der Waals surface area contributed by atoms with Gasteiger partial charge in [-0.1, -0.05) is 30.3 Å². The van der Waals surface area contributed by atoms with E-state index in [4.69, 9.17) is 10.5 Å². The van der Waals surface area contributed by atoms with Crippen molar-refractivity contribution in [1.82, 2.24) is 0 Å². The molecule has 0 spiro atoms. The first-order valence-electron chi connectivity index (χ1n) is 6.76. The van der Waals surface area contributed by atoms with Crippen LogP contribution in [0.25, 0.3) is 0 Å². The molecule has 2 aromatic carbocycles. The lowest BCUT2D eigenvalue weighted by molar-refractivity contribution is 0.0600. The Hall–Kier alpha value is -2.33. The standard InChI is InChI=1S/C17H19NO3/c1-12(18)15-5-3-4-6-16(15)21-11-13-7-9-14(10-8-13)17(19)20-2/h3-10,12H,11,18H2,1-2H3. The summed E-state index contributed by atoms with van der Waals surface area (Å²) in [6.45, 7) is 2.35. The van der Waals surface area contributed by atoms with E-state index >= 15 is 0 Å². The predicted octanol–water partition coefficient (Wildman–Crippen LogP) is 3.07. The smallest absolute Gasteiger partial charge is 0.337 e. The van der Waals surface area contributed by atoms with Crippen LogP contribution in [0, 0.1) is 0 Å². The molecule has 0 aliphatic rings. The van der Waals surface area contributed by atoms with E-state index in [1.165, 1.54) is 7.11 Å². The number of esters is 1. The fraction of sp³-hybridized carbons (Fsp3) is 0.235. The minimum Gasteiger partial charge on any atom is -0.489 e. The first kappa shape index (κ1) is 15.1. The number of para-hydroxylation sites is 1. The van der Waals surface area contributed by atoms with Crippen molar-refractivity contribution < 1.29 is 14.3 Å². The van der Waals surface area contributed by atoms with Crippen LogP contribution in [0.15, 0.2) is 48.5 Å². The molecule has 1 unspecified atom stereocenters. The minimum absolute atomic E-state index is 0.0806. The molecule has 110 valence electrons. The molecule has 2 aromatic rings. The van der Waals surface area contributed by atoms with E-state index in [-0.39, 0.29) is 12.0 Å². The summed E-state index contributed by atoms with van der Waals surface area (Å²) in [4.78, 5) is 11.4. The highest BCUT2D eigenvalue weighted by Gasteiger charge is 2.08. The second-order valence-corrected chi connectivity index (χ2v) is 4.80. The van der Waals surface area contributed by atoms with Gasteiger partial charge in [-0.3, -0.25) is 0 Å². The van der Waals surface area contributed by atoms with Gasteiger partial charge >= 0.3 is 5.97 Å². The van der Waals surface area contributed by atoms with Crippen LogP contribution in [0.4, 0.5) is 0 Å². The van der Waals surface area contributed by atoms with Crippen molar-refractivity contribution in [1.29, 1.82) is 0 Å². The van der Waals surface area contributed by atoms with Crippen molar-refractivity contribution in [2.45, 2.75) is 19.6 Å². The number of methoxy groups -OCH3 is 1. The monoisotopic (exact) mass is 285 g/mol. The maximum Gasteiger partial charge on any atom is 0.337 e. The van der Waals surface area contributed by atoms with E-state index in [0.29, 0.717) is 12.2 Å². The molecule has 2 rings (SSSR count). The summed E-state index contributed by atoms with van der Waals surface area (Å²) in [5.41, 5.74) is 8.40. The summed E-state index contributed by atoms with van der Waals surface area (Å²) in [6.07, 6.45) is 0. The van der Waals surface area contributed by atoms with E-state index in [2.05, 4.69) is 4.74 Å². The summed E-state index contributed by atoms with van der Waals surface area (Å²) in [5, 5.41) is 0. The molecule has 0 bridgehead atoms. The molecule has 0 saturated heterocycles. The number of nitrogens with two attached hydrogens (primary N) is 1. The first-order valence-corrected chi connectivity index (χ1v) is 6.76. The van der Waals surface area contributed by atoms with Crippen molar-refractivity contribution in [2.24, 2.45) is 5.73 Å². The molecular formula is C17H19NO3. The van der Waals surface area contributed by atoms with Gasteiger partial charge in [0, 0.05) is 11.6 Å². The highest BCUT2D eigenvalue weighted by molar-refractivity contribution is 5.89. The number of carbonyl (C=O) groups is 1. The van der Waals surface area contributed by atoms with Gasteiger partial charge in [0.1, 0.15) is 12.4 Å². The van der Waals surface area contributed by atoms with Crippen LogP contribution < -0.4 is 10.5 Å². The fourth-order valence-electron chi connectivity index (χ4n) is 2.00. The van der Waals surface area contributed by atoms with E-state index < -0.39 is 0 Å². The van der Waals surface area contributed by atoms with Gasteiger partial charge in [-0.25, -0.2) is 4.79 Å². The minimum atomic E-state index is -0.343. The Kier molecular flexibility index (Phi) is 4.95. The highest BCUT2D eigenvalue weighted by atomic mass is 16.5. The van der Waals surface area contributed by atoms with Crippen LogP contribution in [-0.4, -0.2) is 13.1 Å². The summed E-state index contributed by atoms with van der Waals surface area (Å²) < 4.78 is 10.5. The average molecular weight is 285 g/mol. The first-order chi connectivity index (χ1) is 10.1. The van der Waals surface area contributed by atoms with Crippen molar-refractivity contribution >= 4 is 5.97 Å². The maximum absolute atomic E-state index is 11.4. The molecule has 0 radical (unpaired) electrons. The molecular weight excluding hydrogens is 266 g/mol. The lowest BCUT2D eigenvalue weighted by Gasteiger charge is -2.14. The Balaban J connectivity index is 2.05. The Morgan fingerprint density at radius 2 is 1.81 bits per heavy atom. The van der Waals surface area contributed by atoms with Gasteiger partial charge in [-0.05, 0) is 30.7 Å². The van der Waals surface area contributed by atoms with Gasteiger partial charge in [-0.15, -0.1) is 0 Å². The molecule has 0 aromatic heterocycles. The summed E-state index contributed by atoms with van der Waals surface area (Å²) in [5.74, 6) is 0.439. The zero-order chi connectivity index (χ0) is 15.2. The third-order valence-electron chi connectivity index (χ3n) is 3.18. The Morgan fingerprint density at radius 1 is 1.14 bits per heavy atom. The van der Waals surface area contributed by atoms with Crippen LogP contribution in [0.2, 0.25) is 0 Å². The number of hydrogen-bond acceptors (Lipinski definition) is 4. The largest absolute Gasteiger partial charge is 0.489 e. The van der Waals surface area contributed by atoms with Crippen LogP contribution in [0.1, 0.15) is 34.5 Å². The SMILES string of the molecule is COC(=O)c1ccc(COc2ccccc2C(C)N)cc1. The lowest BCUT2D eigenvalue weighted by atomic mass is 10.1. The van der Waals surface area contributed by atoms with Gasteiger partial charge in [0.25, 0.3) is 0 Å². The molecule has 1 atom stereocenters. The summed E-state index contributed by atoms with van der Waals surface area (Å²) in [6, 6.07) is 14.8. The predicted molar refractivity (Wildman–Crippen MR) is 81.2 cm³/mol. The third kappa shape index (κ3) is 3.83. The summed E-state index contributed by atoms with van der Waals surface area (Å²) in [7, 11) is 1.37. The van der Waals surface area contributed by atoms with Crippen molar-refractivity contribution in [3.8, 4) is 5.75 Å². The molecule has 4 nitrogen and oxygen atoms in total. The summed E-state index contributed by atoms with van der Waals surface area (Å²) >= 11 is 0. The second-order valence-electron chi connectivity index (χ2n) is 4.80. The van der Waals surface area contributed by atoms with Gasteiger partial charge in [0.2, 0.25) is 0 Å². The third-order valence-corrected chi connectivity index (χ3v) is 3.18. The van der Waals surface area contributed by atoms with Crippen molar-refractivity contribution in [2.75, 3.05) is 7.11 Å². The van der Waals surface area contributed by atoms with Crippen LogP contribution in [0.3, 0.4) is 0 Å². The van der Waals surface area contributed by atoms with Gasteiger partial charge in [0.15, 0.2) is 0 Å². The maximum atomic E-state index is 11.4. The highest BCUT2D eigenvalue weighted by Crippen LogP contribution is 2.24. The number of carbonyl (C=O) groups excluding carboxylic acids is 1. The zero-order valence-corrected chi connectivity index (χ0v) is 12.2. The number of hydrogen-bond donors (Lipinski definition) is 1. The molecule has 2 N–H and O–H groups in total. The van der Waals surface area contributed by atoms with Crippen LogP contribution in [-0.2, 0) is 11.3 Å². The second kappa shape index (κ2) is 6.90. The lowest BCUT2D eigenvalue weighted by Crippen LogP contribution is -2.08. The van der Waals surface area contributed by atoms with E-state index in [0.717, 1.165) is 16.9 Å². The molecule has 0 fully saturated rings. The van der Waals surface area contributed by atoms with Crippen molar-refractivity contribution in [3.05, 3.63) is 65.2 Å². The molecule has 0 heterocycles. The van der Waals surface area contributed by atoms with Gasteiger partial charge < -0.3 is 15.2 Å². The van der Waals surface area contributed by atoms with Crippen LogP contribution in [0.5, 0.6) is 5.75 Å². The van der Waals surface area contributed by atoms with E-state index in [1.807, 2.05) is 43.3 Å². The van der Waals surface area contributed by atoms with Crippen molar-refractivity contribution in [3.63, 3.8) is 0 Å². The van der Waals surface area contributed by atoms with Gasteiger partial charge in [-0.2, -0.15) is 0 Å². The Morgan fingerprint density at radius 3 is 2.43 bits per heavy atom. The number of ether oxygens (including phenoxy) is 2. The Labute approximate surface area is 124 Å². The molecule has 21 heavy (non-hydrogen) atoms. The molecule has 0 aliphatic carbocycles. The molecule has 4 heteroatoms. The fourth-order valence-corrected chi connectivity index (χ4v) is 2.00. The van der Waals surface area contributed by atoms with E-state index in [1.54, 1.807) is 12.1 Å². The van der Waals surface area contributed by atoms with Gasteiger partial charge in [0.05, 0.1) is 12.7 Å². The molecule has 0 aliphatic heterocycles. The van der Waals surface area contributed by atoms with E-state index in [9.17, 15) is 4.79 Å². The Bertz CT molecular complexity index is 606. The molecule has 0 amide bonds. The average Bonchev–Trinajstić information content (AvgIpc) is 2.52. The zero-order valence-electron chi connectivity index (χ0n) is 12.2. The number of rotatable bonds is 5. The van der Waals surface area contributed by atoms with Crippen LogP contribution >= 0.6 is 0 Å². The number of benzene rings is 2. The quantitative estimate of drug-likeness (QED) is 0.858. The normalized spacial score (nSPS) is 11.8. The molecule has 0 saturated carbocycles. The topological polar surface area (TPSA) is 61.5 Å².